The summed E-state index contributed by atoms with van der Waals surface area (Å²) in [5, 5.41) is 0. The molecule has 4 rings (SSSR count). The van der Waals surface area contributed by atoms with Gasteiger partial charge in [-0.3, -0.25) is 4.31 Å². The van der Waals surface area contributed by atoms with Gasteiger partial charge in [-0.15, -0.1) is 0 Å². The molecule has 2 aromatic rings. The molecule has 1 aliphatic heterocycles. The van der Waals surface area contributed by atoms with Crippen LogP contribution in [0, 0.1) is 0 Å². The van der Waals surface area contributed by atoms with Crippen LogP contribution >= 0.6 is 0 Å². The lowest BCUT2D eigenvalue weighted by Crippen LogP contribution is -2.29. The Hall–Kier alpha value is -1.90. The van der Waals surface area contributed by atoms with Gasteiger partial charge in [-0.1, -0.05) is 31.4 Å². The summed E-state index contributed by atoms with van der Waals surface area (Å²) in [6.45, 7) is 0.311. The summed E-state index contributed by atoms with van der Waals surface area (Å²) in [4.78, 5) is 0.423. The summed E-state index contributed by atoms with van der Waals surface area (Å²) in [6.07, 6.45) is 6.59. The lowest BCUT2D eigenvalue weighted by molar-refractivity contribution is 0.443. The Morgan fingerprint density at radius 1 is 0.897 bits per heavy atom. The Bertz CT molecular complexity index is 1100. The third-order valence-corrected chi connectivity index (χ3v) is 9.27. The molecule has 1 N–H and O–H groups in total. The van der Waals surface area contributed by atoms with Gasteiger partial charge in [-0.05, 0) is 73.7 Å². The Kier molecular flexibility index (Phi) is 5.44. The van der Waals surface area contributed by atoms with Crippen LogP contribution < -0.4 is 9.03 Å². The van der Waals surface area contributed by atoms with Crippen molar-refractivity contribution in [3.63, 3.8) is 0 Å². The lowest BCUT2D eigenvalue weighted by Gasteiger charge is -2.23. The highest BCUT2D eigenvalue weighted by Gasteiger charge is 2.32. The number of nitrogens with one attached hydrogen (secondary N) is 1. The molecule has 0 bridgehead atoms. The first-order chi connectivity index (χ1) is 13.8. The average molecular weight is 435 g/mol. The average Bonchev–Trinajstić information content (AvgIpc) is 3.18. The van der Waals surface area contributed by atoms with E-state index >= 15 is 0 Å². The molecule has 29 heavy (non-hydrogen) atoms. The van der Waals surface area contributed by atoms with E-state index in [0.717, 1.165) is 5.56 Å². The smallest absolute Gasteiger partial charge is 0.264 e. The SMILES string of the molecule is CNS(=O)(=O)c1ccc2c(c1)CCN2S(=O)(=O)c1ccc(C2CCCCC2)cc1. The molecule has 0 amide bonds. The molecule has 0 radical (unpaired) electrons. The minimum absolute atomic E-state index is 0.148. The molecular formula is C21H26N2O4S2. The van der Waals surface area contributed by atoms with Crippen molar-refractivity contribution in [3.05, 3.63) is 53.6 Å². The third kappa shape index (κ3) is 3.81. The Balaban J connectivity index is 1.61. The summed E-state index contributed by atoms with van der Waals surface area (Å²) in [7, 11) is -5.89. The van der Waals surface area contributed by atoms with E-state index in [1.807, 2.05) is 12.1 Å². The van der Waals surface area contributed by atoms with Gasteiger partial charge in [0.25, 0.3) is 10.0 Å². The summed E-state index contributed by atoms with van der Waals surface area (Å²) < 4.78 is 54.1. The Morgan fingerprint density at radius 3 is 2.21 bits per heavy atom. The molecule has 1 saturated carbocycles. The molecule has 6 nitrogen and oxygen atoms in total. The summed E-state index contributed by atoms with van der Waals surface area (Å²) >= 11 is 0. The van der Waals surface area contributed by atoms with Crippen LogP contribution in [-0.2, 0) is 26.5 Å². The van der Waals surface area contributed by atoms with Crippen molar-refractivity contribution in [2.45, 2.75) is 54.2 Å². The number of nitrogens with zero attached hydrogens (tertiary/aromatic N) is 1. The minimum atomic E-state index is -3.69. The highest BCUT2D eigenvalue weighted by molar-refractivity contribution is 7.92. The van der Waals surface area contributed by atoms with Crippen LogP contribution in [0.2, 0.25) is 0 Å². The van der Waals surface area contributed by atoms with Gasteiger partial charge in [-0.25, -0.2) is 21.6 Å². The van der Waals surface area contributed by atoms with Gasteiger partial charge in [0, 0.05) is 6.54 Å². The van der Waals surface area contributed by atoms with Crippen molar-refractivity contribution in [1.82, 2.24) is 4.72 Å². The molecule has 0 aromatic heterocycles. The zero-order valence-corrected chi connectivity index (χ0v) is 18.1. The van der Waals surface area contributed by atoms with Crippen LogP contribution in [0.4, 0.5) is 5.69 Å². The molecule has 0 saturated heterocycles. The number of benzene rings is 2. The normalized spacial score (nSPS) is 18.0. The molecule has 1 fully saturated rings. The highest BCUT2D eigenvalue weighted by Crippen LogP contribution is 2.36. The predicted octanol–water partition coefficient (Wildman–Crippen LogP) is 3.39. The van der Waals surface area contributed by atoms with E-state index in [-0.39, 0.29) is 9.79 Å². The molecule has 0 spiro atoms. The van der Waals surface area contributed by atoms with Crippen LogP contribution in [0.1, 0.15) is 49.1 Å². The number of fused-ring (bicyclic) bond motifs is 1. The first-order valence-electron chi connectivity index (χ1n) is 10.0. The monoisotopic (exact) mass is 434 g/mol. The van der Waals surface area contributed by atoms with Gasteiger partial charge in [0.15, 0.2) is 0 Å². The number of hydrogen-bond donors (Lipinski definition) is 1. The maximum Gasteiger partial charge on any atom is 0.264 e. The summed E-state index contributed by atoms with van der Waals surface area (Å²) in [5.74, 6) is 0.528. The van der Waals surface area contributed by atoms with Crippen LogP contribution in [0.5, 0.6) is 0 Å². The molecular weight excluding hydrogens is 408 g/mol. The second-order valence-electron chi connectivity index (χ2n) is 7.73. The van der Waals surface area contributed by atoms with Crippen molar-refractivity contribution in [2.24, 2.45) is 0 Å². The van der Waals surface area contributed by atoms with Gasteiger partial charge in [-0.2, -0.15) is 0 Å². The van der Waals surface area contributed by atoms with Gasteiger partial charge in [0.05, 0.1) is 15.5 Å². The predicted molar refractivity (Wildman–Crippen MR) is 113 cm³/mol. The van der Waals surface area contributed by atoms with Crippen molar-refractivity contribution in [3.8, 4) is 0 Å². The zero-order chi connectivity index (χ0) is 20.6. The molecule has 2 aliphatic rings. The summed E-state index contributed by atoms with van der Waals surface area (Å²) in [6, 6.07) is 11.9. The Morgan fingerprint density at radius 2 is 1.55 bits per heavy atom. The maximum atomic E-state index is 13.2. The zero-order valence-electron chi connectivity index (χ0n) is 16.5. The first-order valence-corrected chi connectivity index (χ1v) is 12.9. The maximum absolute atomic E-state index is 13.2. The van der Waals surface area contributed by atoms with Crippen LogP contribution in [0.25, 0.3) is 0 Å². The molecule has 0 atom stereocenters. The molecule has 8 heteroatoms. The molecule has 156 valence electrons. The summed E-state index contributed by atoms with van der Waals surface area (Å²) in [5.41, 5.74) is 2.49. The molecule has 2 aromatic carbocycles. The fourth-order valence-corrected chi connectivity index (χ4v) is 6.64. The second kappa shape index (κ2) is 7.74. The van der Waals surface area contributed by atoms with Crippen molar-refractivity contribution >= 4 is 25.7 Å². The van der Waals surface area contributed by atoms with Crippen LogP contribution in [-0.4, -0.2) is 30.4 Å². The number of anilines is 1. The van der Waals surface area contributed by atoms with Gasteiger partial charge in [0.2, 0.25) is 10.0 Å². The second-order valence-corrected chi connectivity index (χ2v) is 11.5. The van der Waals surface area contributed by atoms with Crippen LogP contribution in [0.3, 0.4) is 0 Å². The lowest BCUT2D eigenvalue weighted by atomic mass is 9.84. The van der Waals surface area contributed by atoms with E-state index in [0.29, 0.717) is 24.6 Å². The quantitative estimate of drug-likeness (QED) is 0.782. The minimum Gasteiger partial charge on any atom is -0.266 e. The topological polar surface area (TPSA) is 83.6 Å². The Labute approximate surface area is 173 Å². The number of sulfonamides is 2. The van der Waals surface area contributed by atoms with E-state index in [4.69, 9.17) is 0 Å². The number of hydrogen-bond acceptors (Lipinski definition) is 4. The van der Waals surface area contributed by atoms with E-state index in [1.165, 1.54) is 55.1 Å². The van der Waals surface area contributed by atoms with Crippen molar-refractivity contribution in [1.29, 1.82) is 0 Å². The van der Waals surface area contributed by atoms with Crippen molar-refractivity contribution in [2.75, 3.05) is 17.9 Å². The molecule has 1 aliphatic carbocycles. The van der Waals surface area contributed by atoms with Gasteiger partial charge < -0.3 is 0 Å². The van der Waals surface area contributed by atoms with E-state index in [9.17, 15) is 16.8 Å². The van der Waals surface area contributed by atoms with Crippen molar-refractivity contribution < 1.29 is 16.8 Å². The first kappa shape index (κ1) is 20.4. The largest absolute Gasteiger partial charge is 0.266 e. The number of rotatable bonds is 5. The highest BCUT2D eigenvalue weighted by atomic mass is 32.2. The fraction of sp³-hybridized carbons (Fsp3) is 0.429. The molecule has 1 heterocycles. The van der Waals surface area contributed by atoms with Crippen LogP contribution in [0.15, 0.2) is 52.3 Å². The van der Waals surface area contributed by atoms with E-state index < -0.39 is 20.0 Å². The molecule has 0 unspecified atom stereocenters. The third-order valence-electron chi connectivity index (χ3n) is 6.03. The van der Waals surface area contributed by atoms with E-state index in [1.54, 1.807) is 24.3 Å². The standard InChI is InChI=1S/C21H26N2O4S2/c1-22-28(24,25)20-11-12-21-18(15-20)13-14-23(21)29(26,27)19-9-7-17(8-10-19)16-5-3-2-4-6-16/h7-12,15-16,22H,2-6,13-14H2,1H3. The fourth-order valence-electron chi connectivity index (χ4n) is 4.36. The van der Waals surface area contributed by atoms with E-state index in [2.05, 4.69) is 4.72 Å². The van der Waals surface area contributed by atoms with Gasteiger partial charge >= 0.3 is 0 Å². The van der Waals surface area contributed by atoms with Gasteiger partial charge in [0.1, 0.15) is 0 Å².